The minimum absolute atomic E-state index is 0.0338. The number of carbonyl (C=O) groups excluding carboxylic acids is 2. The quantitative estimate of drug-likeness (QED) is 0.596. The number of piperidine rings is 1. The summed E-state index contributed by atoms with van der Waals surface area (Å²) in [5.74, 6) is 0.556. The maximum Gasteiger partial charge on any atom is 0.408 e. The SMILES string of the molecule is CC(C)SC(NC(=O)OCc1ccccc1)C(=O)N1CCC(Cc2ccccc2)CC1. The number of nitrogens with zero attached hydrogens (tertiary/aromatic N) is 1. The average molecular weight is 441 g/mol. The van der Waals surface area contributed by atoms with Crippen LogP contribution in [0.1, 0.15) is 37.8 Å². The molecule has 5 nitrogen and oxygen atoms in total. The van der Waals surface area contributed by atoms with Crippen LogP contribution in [-0.2, 0) is 22.6 Å². The standard InChI is InChI=1S/C25H32N2O3S/c1-19(2)31-23(26-25(29)30-18-22-11-7-4-8-12-22)24(28)27-15-13-21(14-16-27)17-20-9-5-3-6-10-20/h3-12,19,21,23H,13-18H2,1-2H3,(H,26,29). The van der Waals surface area contributed by atoms with Crippen LogP contribution in [0, 0.1) is 5.92 Å². The molecule has 2 aromatic carbocycles. The number of nitrogens with one attached hydrogen (secondary N) is 1. The Balaban J connectivity index is 1.50. The van der Waals surface area contributed by atoms with Gasteiger partial charge in [0.25, 0.3) is 5.91 Å². The number of ether oxygens (including phenoxy) is 1. The zero-order valence-electron chi connectivity index (χ0n) is 18.3. The molecule has 1 unspecified atom stereocenters. The first kappa shape index (κ1) is 23.2. The molecule has 0 spiro atoms. The largest absolute Gasteiger partial charge is 0.445 e. The van der Waals surface area contributed by atoms with E-state index in [9.17, 15) is 9.59 Å². The summed E-state index contributed by atoms with van der Waals surface area (Å²) in [6.07, 6.45) is 2.46. The van der Waals surface area contributed by atoms with E-state index < -0.39 is 11.5 Å². The molecule has 0 saturated carbocycles. The number of carbonyl (C=O) groups is 2. The molecule has 1 atom stereocenters. The van der Waals surface area contributed by atoms with Gasteiger partial charge in [-0.1, -0.05) is 74.5 Å². The third-order valence-electron chi connectivity index (χ3n) is 5.39. The Hall–Kier alpha value is -2.47. The average Bonchev–Trinajstić information content (AvgIpc) is 2.78. The molecule has 1 fully saturated rings. The summed E-state index contributed by atoms with van der Waals surface area (Å²) >= 11 is 1.45. The number of rotatable bonds is 8. The lowest BCUT2D eigenvalue weighted by Crippen LogP contribution is -2.50. The fourth-order valence-electron chi connectivity index (χ4n) is 3.77. The molecule has 2 aromatic rings. The van der Waals surface area contributed by atoms with Gasteiger partial charge >= 0.3 is 6.09 Å². The van der Waals surface area contributed by atoms with Gasteiger partial charge in [0.05, 0.1) is 0 Å². The topological polar surface area (TPSA) is 58.6 Å². The van der Waals surface area contributed by atoms with Crippen molar-refractivity contribution in [1.82, 2.24) is 10.2 Å². The molecule has 0 aromatic heterocycles. The predicted octanol–water partition coefficient (Wildman–Crippen LogP) is 4.86. The second kappa shape index (κ2) is 11.8. The second-order valence-corrected chi connectivity index (χ2v) is 9.92. The molecule has 1 aliphatic heterocycles. The van der Waals surface area contributed by atoms with Crippen molar-refractivity contribution in [3.63, 3.8) is 0 Å². The Bertz CT molecular complexity index is 821. The van der Waals surface area contributed by atoms with Crippen LogP contribution in [0.2, 0.25) is 0 Å². The van der Waals surface area contributed by atoms with E-state index in [4.69, 9.17) is 4.74 Å². The summed E-state index contributed by atoms with van der Waals surface area (Å²) in [5, 5.41) is 2.35. The number of thioether (sulfide) groups is 1. The third kappa shape index (κ3) is 7.62. The van der Waals surface area contributed by atoms with E-state index >= 15 is 0 Å². The summed E-state index contributed by atoms with van der Waals surface area (Å²) in [6.45, 7) is 5.69. The van der Waals surface area contributed by atoms with Crippen molar-refractivity contribution in [3.8, 4) is 0 Å². The first-order valence-corrected chi connectivity index (χ1v) is 11.9. The van der Waals surface area contributed by atoms with E-state index in [1.807, 2.05) is 55.1 Å². The molecule has 2 amide bonds. The highest BCUT2D eigenvalue weighted by atomic mass is 32.2. The van der Waals surface area contributed by atoms with E-state index in [0.29, 0.717) is 5.92 Å². The first-order chi connectivity index (χ1) is 15.0. The molecule has 0 bridgehead atoms. The third-order valence-corrected chi connectivity index (χ3v) is 6.52. The minimum atomic E-state index is -0.631. The maximum atomic E-state index is 13.1. The number of likely N-dealkylation sites (tertiary alicyclic amines) is 1. The minimum Gasteiger partial charge on any atom is -0.445 e. The van der Waals surface area contributed by atoms with Gasteiger partial charge in [-0.15, -0.1) is 11.8 Å². The lowest BCUT2D eigenvalue weighted by Gasteiger charge is -2.34. The van der Waals surface area contributed by atoms with E-state index in [1.165, 1.54) is 17.3 Å². The second-order valence-electron chi connectivity index (χ2n) is 8.23. The van der Waals surface area contributed by atoms with Crippen LogP contribution in [0.4, 0.5) is 4.79 Å². The molecule has 6 heteroatoms. The zero-order chi connectivity index (χ0) is 22.1. The predicted molar refractivity (Wildman–Crippen MR) is 126 cm³/mol. The molecule has 3 rings (SSSR count). The van der Waals surface area contributed by atoms with Gasteiger partial charge in [-0.25, -0.2) is 4.79 Å². The van der Waals surface area contributed by atoms with Crippen molar-refractivity contribution in [1.29, 1.82) is 0 Å². The van der Waals surface area contributed by atoms with Crippen molar-refractivity contribution < 1.29 is 14.3 Å². The van der Waals surface area contributed by atoms with Crippen molar-refractivity contribution in [2.75, 3.05) is 13.1 Å². The highest BCUT2D eigenvalue weighted by molar-refractivity contribution is 8.01. The van der Waals surface area contributed by atoms with Gasteiger partial charge in [0.2, 0.25) is 0 Å². The molecule has 1 N–H and O–H groups in total. The van der Waals surface area contributed by atoms with E-state index in [-0.39, 0.29) is 17.8 Å². The monoisotopic (exact) mass is 440 g/mol. The summed E-state index contributed by atoms with van der Waals surface area (Å²) in [7, 11) is 0. The lowest BCUT2D eigenvalue weighted by atomic mass is 9.90. The van der Waals surface area contributed by atoms with Crippen molar-refractivity contribution >= 4 is 23.8 Å². The van der Waals surface area contributed by atoms with E-state index in [0.717, 1.165) is 37.9 Å². The number of hydrogen-bond donors (Lipinski definition) is 1. The number of hydrogen-bond acceptors (Lipinski definition) is 4. The van der Waals surface area contributed by atoms with Gasteiger partial charge in [0.15, 0.2) is 5.37 Å². The molecular formula is C25H32N2O3S. The van der Waals surface area contributed by atoms with Crippen LogP contribution < -0.4 is 5.32 Å². The summed E-state index contributed by atoms with van der Waals surface area (Å²) in [5.41, 5.74) is 2.26. The van der Waals surface area contributed by atoms with Gasteiger partial charge in [0, 0.05) is 18.3 Å². The molecular weight excluding hydrogens is 408 g/mol. The Morgan fingerprint density at radius 1 is 1.00 bits per heavy atom. The van der Waals surface area contributed by atoms with Gasteiger partial charge in [-0.3, -0.25) is 4.79 Å². The molecule has 1 aliphatic rings. The fourth-order valence-corrected chi connectivity index (χ4v) is 4.74. The van der Waals surface area contributed by atoms with Crippen LogP contribution >= 0.6 is 11.8 Å². The van der Waals surface area contributed by atoms with Crippen LogP contribution in [0.15, 0.2) is 60.7 Å². The Morgan fingerprint density at radius 2 is 1.58 bits per heavy atom. The van der Waals surface area contributed by atoms with Crippen LogP contribution in [0.25, 0.3) is 0 Å². The molecule has 0 radical (unpaired) electrons. The van der Waals surface area contributed by atoms with Crippen LogP contribution in [0.5, 0.6) is 0 Å². The number of benzene rings is 2. The summed E-state index contributed by atoms with van der Waals surface area (Å²) in [4.78, 5) is 27.4. The molecule has 1 heterocycles. The normalized spacial score (nSPS) is 15.5. The van der Waals surface area contributed by atoms with Gasteiger partial charge in [0.1, 0.15) is 6.61 Å². The Kier molecular flexibility index (Phi) is 8.83. The molecule has 0 aliphatic carbocycles. The zero-order valence-corrected chi connectivity index (χ0v) is 19.1. The number of alkyl carbamates (subject to hydrolysis) is 1. The van der Waals surface area contributed by atoms with Gasteiger partial charge in [-0.2, -0.15) is 0 Å². The van der Waals surface area contributed by atoms with Crippen molar-refractivity contribution in [2.45, 2.75) is 50.3 Å². The van der Waals surface area contributed by atoms with Gasteiger partial charge < -0.3 is 15.0 Å². The highest BCUT2D eigenvalue weighted by Gasteiger charge is 2.30. The molecule has 1 saturated heterocycles. The van der Waals surface area contributed by atoms with Crippen LogP contribution in [0.3, 0.4) is 0 Å². The molecule has 31 heavy (non-hydrogen) atoms. The first-order valence-electron chi connectivity index (χ1n) is 11.0. The maximum absolute atomic E-state index is 13.1. The number of amides is 2. The smallest absolute Gasteiger partial charge is 0.408 e. The fraction of sp³-hybridized carbons (Fsp3) is 0.440. The summed E-state index contributed by atoms with van der Waals surface area (Å²) < 4.78 is 5.33. The highest BCUT2D eigenvalue weighted by Crippen LogP contribution is 2.24. The van der Waals surface area contributed by atoms with Crippen molar-refractivity contribution in [2.24, 2.45) is 5.92 Å². The lowest BCUT2D eigenvalue weighted by molar-refractivity contribution is -0.132. The Labute approximate surface area is 189 Å². The molecule has 166 valence electrons. The summed E-state index contributed by atoms with van der Waals surface area (Å²) in [6, 6.07) is 20.0. The van der Waals surface area contributed by atoms with Crippen molar-refractivity contribution in [3.05, 3.63) is 71.8 Å². The van der Waals surface area contributed by atoms with Gasteiger partial charge in [-0.05, 0) is 36.3 Å². The van der Waals surface area contributed by atoms with Crippen LogP contribution in [-0.4, -0.2) is 40.6 Å². The van der Waals surface area contributed by atoms with E-state index in [2.05, 4.69) is 29.6 Å². The van der Waals surface area contributed by atoms with E-state index in [1.54, 1.807) is 0 Å². The Morgan fingerprint density at radius 3 is 2.16 bits per heavy atom.